The first-order valence-corrected chi connectivity index (χ1v) is 13.8. The van der Waals surface area contributed by atoms with Gasteiger partial charge in [-0.1, -0.05) is 0 Å². The standard InChI is InChI=1S/C16H18O7Se2/c1-21-15-9-5-3-7-13(15)11-24(17,18)23-25(19,20)12-14-8-4-6-10-16(14)22-2/h3-10H,11-12H2,1-2H3. The Morgan fingerprint density at radius 3 is 1.40 bits per heavy atom. The summed E-state index contributed by atoms with van der Waals surface area (Å²) >= 11 is -10.4. The van der Waals surface area contributed by atoms with E-state index in [0.29, 0.717) is 22.6 Å². The molecule has 0 spiro atoms. The maximum atomic E-state index is 12.2. The van der Waals surface area contributed by atoms with Crippen molar-refractivity contribution in [2.75, 3.05) is 14.2 Å². The fourth-order valence-corrected chi connectivity index (χ4v) is 10.2. The van der Waals surface area contributed by atoms with Gasteiger partial charge in [-0.2, -0.15) is 0 Å². The van der Waals surface area contributed by atoms with E-state index >= 15 is 0 Å². The molecule has 7 nitrogen and oxygen atoms in total. The molecule has 2 aromatic rings. The molecule has 0 saturated heterocycles. The van der Waals surface area contributed by atoms with Crippen molar-refractivity contribution in [2.24, 2.45) is 0 Å². The second-order valence-corrected chi connectivity index (χ2v) is 12.8. The topological polar surface area (TPSA) is 96.0 Å². The molecule has 0 bridgehead atoms. The molecule has 2 rings (SSSR count). The monoisotopic (exact) mass is 482 g/mol. The maximum absolute atomic E-state index is 12.2. The third-order valence-corrected chi connectivity index (χ3v) is 11.4. The second-order valence-electron chi connectivity index (χ2n) is 5.10. The van der Waals surface area contributed by atoms with Crippen LogP contribution in [-0.4, -0.2) is 40.3 Å². The number of hydrogen-bond donors (Lipinski definition) is 0. The van der Waals surface area contributed by atoms with E-state index in [9.17, 15) is 15.3 Å². The Hall–Kier alpha value is -1.76. The van der Waals surface area contributed by atoms with Gasteiger partial charge in [0.15, 0.2) is 0 Å². The van der Waals surface area contributed by atoms with E-state index in [-0.39, 0.29) is 0 Å². The van der Waals surface area contributed by atoms with Gasteiger partial charge in [0.05, 0.1) is 0 Å². The predicted octanol–water partition coefficient (Wildman–Crippen LogP) is 2.18. The number of hydrogen-bond acceptors (Lipinski definition) is 7. The van der Waals surface area contributed by atoms with E-state index in [1.54, 1.807) is 48.5 Å². The molecule has 0 saturated carbocycles. The van der Waals surface area contributed by atoms with Crippen LogP contribution in [0.2, 0.25) is 0 Å². The molecule has 0 aliphatic rings. The summed E-state index contributed by atoms with van der Waals surface area (Å²) in [5, 5.41) is -1.06. The summed E-state index contributed by atoms with van der Waals surface area (Å²) in [6.07, 6.45) is 0. The zero-order valence-corrected chi connectivity index (χ0v) is 17.1. The van der Waals surface area contributed by atoms with Crippen molar-refractivity contribution in [2.45, 2.75) is 10.6 Å². The molecule has 0 N–H and O–H groups in total. The Labute approximate surface area is 149 Å². The van der Waals surface area contributed by atoms with Crippen molar-refractivity contribution in [1.82, 2.24) is 0 Å². The zero-order valence-electron chi connectivity index (χ0n) is 13.7. The summed E-state index contributed by atoms with van der Waals surface area (Å²) in [5.41, 5.74) is 0.695. The summed E-state index contributed by atoms with van der Waals surface area (Å²) in [7, 11) is 2.81. The second kappa shape index (κ2) is 8.08. The number of rotatable bonds is 8. The van der Waals surface area contributed by atoms with E-state index < -0.39 is 36.7 Å². The quantitative estimate of drug-likeness (QED) is 0.535. The van der Waals surface area contributed by atoms with Gasteiger partial charge in [0, 0.05) is 0 Å². The summed E-state index contributed by atoms with van der Waals surface area (Å²) in [6, 6.07) is 12.9. The predicted molar refractivity (Wildman–Crippen MR) is 88.7 cm³/mol. The van der Waals surface area contributed by atoms with E-state index in [1.807, 2.05) is 0 Å². The third kappa shape index (κ3) is 5.63. The number of para-hydroxylation sites is 2. The molecule has 0 atom stereocenters. The SMILES string of the molecule is COc1ccccc1C[Se](=O)(=O)O[Se](=O)(=O)Cc1ccccc1OC. The van der Waals surface area contributed by atoms with E-state index in [1.165, 1.54) is 14.2 Å². The summed E-state index contributed by atoms with van der Waals surface area (Å²) in [5.74, 6) is 0.713. The molecule has 0 fully saturated rings. The summed E-state index contributed by atoms with van der Waals surface area (Å²) in [6.45, 7) is 0. The molecule has 0 unspecified atom stereocenters. The molecule has 25 heavy (non-hydrogen) atoms. The normalized spacial score (nSPS) is 11.9. The Morgan fingerprint density at radius 1 is 0.680 bits per heavy atom. The van der Waals surface area contributed by atoms with E-state index in [2.05, 4.69) is 2.90 Å². The Bertz CT molecular complexity index is 857. The van der Waals surface area contributed by atoms with Crippen LogP contribution in [0, 0.1) is 0 Å². The molecule has 0 radical (unpaired) electrons. The van der Waals surface area contributed by atoms with Crippen LogP contribution in [0.4, 0.5) is 0 Å². The van der Waals surface area contributed by atoms with Gasteiger partial charge in [0.2, 0.25) is 0 Å². The van der Waals surface area contributed by atoms with Gasteiger partial charge in [-0.05, 0) is 0 Å². The number of ether oxygens (including phenoxy) is 2. The first-order chi connectivity index (χ1) is 11.8. The van der Waals surface area contributed by atoms with Crippen molar-refractivity contribution in [3.63, 3.8) is 0 Å². The fraction of sp³-hybridized carbons (Fsp3) is 0.250. The summed E-state index contributed by atoms with van der Waals surface area (Å²) in [4.78, 5) is 0. The average Bonchev–Trinajstić information content (AvgIpc) is 2.54. The van der Waals surface area contributed by atoms with Gasteiger partial charge in [0.1, 0.15) is 0 Å². The first-order valence-electron chi connectivity index (χ1n) is 7.16. The molecule has 2 aromatic carbocycles. The van der Waals surface area contributed by atoms with Crippen LogP contribution in [0.25, 0.3) is 0 Å². The molecule has 0 heterocycles. The van der Waals surface area contributed by atoms with Gasteiger partial charge >= 0.3 is 150 Å². The van der Waals surface area contributed by atoms with Gasteiger partial charge in [-0.15, -0.1) is 0 Å². The number of benzene rings is 2. The van der Waals surface area contributed by atoms with Crippen LogP contribution in [0.15, 0.2) is 48.5 Å². The number of methoxy groups -OCH3 is 2. The minimum atomic E-state index is -5.19. The molecule has 9 heteroatoms. The molecule has 0 aliphatic carbocycles. The van der Waals surface area contributed by atoms with Crippen molar-refractivity contribution >= 4 is 26.1 Å². The summed E-state index contributed by atoms with van der Waals surface area (Å²) < 4.78 is 63.7. The third-order valence-electron chi connectivity index (χ3n) is 3.26. The van der Waals surface area contributed by atoms with Crippen molar-refractivity contribution in [3.05, 3.63) is 59.7 Å². The molecular weight excluding hydrogens is 462 g/mol. The van der Waals surface area contributed by atoms with Gasteiger partial charge in [0.25, 0.3) is 0 Å². The van der Waals surface area contributed by atoms with Crippen LogP contribution >= 0.6 is 0 Å². The average molecular weight is 480 g/mol. The van der Waals surface area contributed by atoms with Gasteiger partial charge in [-0.3, -0.25) is 0 Å². The van der Waals surface area contributed by atoms with E-state index in [4.69, 9.17) is 9.47 Å². The molecule has 0 aliphatic heterocycles. The molecular formula is C16H18O7Se2. The van der Waals surface area contributed by atoms with Crippen LogP contribution in [0.1, 0.15) is 11.1 Å². The fourth-order valence-electron chi connectivity index (χ4n) is 2.23. The molecule has 0 aromatic heterocycles. The molecule has 136 valence electrons. The van der Waals surface area contributed by atoms with Crippen molar-refractivity contribution < 1.29 is 27.7 Å². The first kappa shape index (κ1) is 19.6. The van der Waals surface area contributed by atoms with Crippen molar-refractivity contribution in [1.29, 1.82) is 0 Å². The van der Waals surface area contributed by atoms with Crippen LogP contribution in [0.5, 0.6) is 11.5 Å². The Kier molecular flexibility index (Phi) is 6.32. The van der Waals surface area contributed by atoms with Crippen LogP contribution in [0.3, 0.4) is 0 Å². The molecule has 0 amide bonds. The van der Waals surface area contributed by atoms with Crippen molar-refractivity contribution in [3.8, 4) is 11.5 Å². The van der Waals surface area contributed by atoms with Gasteiger partial charge in [-0.25, -0.2) is 0 Å². The zero-order chi connectivity index (χ0) is 18.5. The van der Waals surface area contributed by atoms with Crippen LogP contribution < -0.4 is 9.47 Å². The van der Waals surface area contributed by atoms with Gasteiger partial charge < -0.3 is 0 Å². The van der Waals surface area contributed by atoms with Crippen LogP contribution in [-0.2, 0) is 28.9 Å². The Morgan fingerprint density at radius 2 is 1.04 bits per heavy atom. The Balaban J connectivity index is 2.18. The minimum absolute atomic E-state index is 0.347. The van der Waals surface area contributed by atoms with E-state index in [0.717, 1.165) is 0 Å².